The molecule has 0 bridgehead atoms. The molecule has 3 aromatic rings. The number of fused-ring (bicyclic) bond motifs is 1. The van der Waals surface area contributed by atoms with Crippen molar-refractivity contribution in [2.24, 2.45) is 0 Å². The fraction of sp³-hybridized carbons (Fsp3) is 0.211. The zero-order valence-corrected chi connectivity index (χ0v) is 13.8. The van der Waals surface area contributed by atoms with E-state index in [0.717, 1.165) is 11.1 Å². The lowest BCUT2D eigenvalue weighted by Crippen LogP contribution is -2.34. The van der Waals surface area contributed by atoms with Crippen molar-refractivity contribution in [2.45, 2.75) is 19.6 Å². The largest absolute Gasteiger partial charge is 0.387 e. The number of aliphatic hydroxyl groups excluding tert-OH is 1. The summed E-state index contributed by atoms with van der Waals surface area (Å²) in [6, 6.07) is 14.5. The van der Waals surface area contributed by atoms with Gasteiger partial charge in [0, 0.05) is 6.54 Å². The molecule has 25 heavy (non-hydrogen) atoms. The molecule has 3 rings (SSSR count). The molecule has 0 fully saturated rings. The maximum Gasteiger partial charge on any atom is 0.261 e. The molecule has 2 aromatic carbocycles. The topological polar surface area (TPSA) is 84.2 Å². The van der Waals surface area contributed by atoms with Crippen molar-refractivity contribution in [3.05, 3.63) is 76.3 Å². The van der Waals surface area contributed by atoms with Gasteiger partial charge in [-0.3, -0.25) is 14.2 Å². The molecule has 0 aliphatic carbocycles. The number of rotatable bonds is 5. The standard InChI is InChI=1S/C19H19N3O3/c1-13-5-4-6-14(9-13)17(23)10-20-18(24)11-22-12-21-16-8-3-2-7-15(16)19(22)25/h2-9,12,17,23H,10-11H2,1H3,(H,20,24). The highest BCUT2D eigenvalue weighted by Gasteiger charge is 2.11. The van der Waals surface area contributed by atoms with Gasteiger partial charge in [-0.05, 0) is 24.6 Å². The van der Waals surface area contributed by atoms with Gasteiger partial charge in [-0.1, -0.05) is 42.0 Å². The molecule has 0 aliphatic rings. The molecule has 6 nitrogen and oxygen atoms in total. The van der Waals surface area contributed by atoms with Crippen molar-refractivity contribution in [3.63, 3.8) is 0 Å². The van der Waals surface area contributed by atoms with Gasteiger partial charge in [0.2, 0.25) is 5.91 Å². The van der Waals surface area contributed by atoms with Crippen LogP contribution in [-0.4, -0.2) is 27.1 Å². The van der Waals surface area contributed by atoms with Crippen molar-refractivity contribution in [3.8, 4) is 0 Å². The molecule has 6 heteroatoms. The molecule has 0 aliphatic heterocycles. The summed E-state index contributed by atoms with van der Waals surface area (Å²) in [6.45, 7) is 1.88. The number of benzene rings is 2. The van der Waals surface area contributed by atoms with E-state index in [0.29, 0.717) is 10.9 Å². The number of para-hydroxylation sites is 1. The maximum absolute atomic E-state index is 12.4. The van der Waals surface area contributed by atoms with E-state index in [1.165, 1.54) is 10.9 Å². The Balaban J connectivity index is 1.65. The highest BCUT2D eigenvalue weighted by atomic mass is 16.3. The van der Waals surface area contributed by atoms with Gasteiger partial charge in [0.15, 0.2) is 0 Å². The summed E-state index contributed by atoms with van der Waals surface area (Å²) in [7, 11) is 0. The molecule has 0 spiro atoms. The zero-order valence-electron chi connectivity index (χ0n) is 13.8. The Hall–Kier alpha value is -2.99. The van der Waals surface area contributed by atoms with Crippen molar-refractivity contribution in [1.29, 1.82) is 0 Å². The number of aliphatic hydroxyl groups is 1. The summed E-state index contributed by atoms with van der Waals surface area (Å²) in [5, 5.41) is 13.3. The predicted octanol–water partition coefficient (Wildman–Crippen LogP) is 1.55. The number of carbonyl (C=O) groups is 1. The first-order valence-electron chi connectivity index (χ1n) is 8.00. The monoisotopic (exact) mass is 337 g/mol. The Kier molecular flexibility index (Phi) is 4.90. The number of hydrogen-bond acceptors (Lipinski definition) is 4. The molecular weight excluding hydrogens is 318 g/mol. The van der Waals surface area contributed by atoms with Crippen molar-refractivity contribution in [2.75, 3.05) is 6.54 Å². The summed E-state index contributed by atoms with van der Waals surface area (Å²) in [6.07, 6.45) is 0.566. The van der Waals surface area contributed by atoms with Crippen LogP contribution < -0.4 is 10.9 Å². The van der Waals surface area contributed by atoms with Gasteiger partial charge in [0.05, 0.1) is 23.3 Å². The first kappa shape index (κ1) is 16.9. The second-order valence-corrected chi connectivity index (χ2v) is 5.93. The van der Waals surface area contributed by atoms with E-state index >= 15 is 0 Å². The SMILES string of the molecule is Cc1cccc(C(O)CNC(=O)Cn2cnc3ccccc3c2=O)c1. The second-order valence-electron chi connectivity index (χ2n) is 5.93. The molecule has 1 atom stereocenters. The van der Waals surface area contributed by atoms with E-state index in [1.807, 2.05) is 31.2 Å². The molecule has 1 aromatic heterocycles. The van der Waals surface area contributed by atoms with Crippen LogP contribution in [0.2, 0.25) is 0 Å². The Morgan fingerprint density at radius 1 is 1.24 bits per heavy atom. The number of amides is 1. The van der Waals surface area contributed by atoms with Crippen LogP contribution in [0.4, 0.5) is 0 Å². The average Bonchev–Trinajstić information content (AvgIpc) is 2.62. The number of carbonyl (C=O) groups excluding carboxylic acids is 1. The Morgan fingerprint density at radius 3 is 2.84 bits per heavy atom. The molecule has 0 radical (unpaired) electrons. The fourth-order valence-electron chi connectivity index (χ4n) is 2.64. The summed E-state index contributed by atoms with van der Waals surface area (Å²) in [5.41, 5.74) is 2.11. The quantitative estimate of drug-likeness (QED) is 0.740. The Morgan fingerprint density at radius 2 is 2.04 bits per heavy atom. The van der Waals surface area contributed by atoms with Gasteiger partial charge in [-0.25, -0.2) is 4.98 Å². The van der Waals surface area contributed by atoms with Crippen molar-refractivity contribution < 1.29 is 9.90 Å². The molecule has 1 unspecified atom stereocenters. The molecule has 2 N–H and O–H groups in total. The molecular formula is C19H19N3O3. The minimum atomic E-state index is -0.796. The van der Waals surface area contributed by atoms with Gasteiger partial charge in [-0.2, -0.15) is 0 Å². The van der Waals surface area contributed by atoms with Crippen LogP contribution in [0, 0.1) is 6.92 Å². The lowest BCUT2D eigenvalue weighted by atomic mass is 10.1. The predicted molar refractivity (Wildman–Crippen MR) is 95.2 cm³/mol. The third kappa shape index (κ3) is 3.92. The van der Waals surface area contributed by atoms with Crippen molar-refractivity contribution >= 4 is 16.8 Å². The van der Waals surface area contributed by atoms with Crippen LogP contribution in [0.5, 0.6) is 0 Å². The molecule has 128 valence electrons. The highest BCUT2D eigenvalue weighted by Crippen LogP contribution is 2.13. The summed E-state index contributed by atoms with van der Waals surface area (Å²) < 4.78 is 1.26. The summed E-state index contributed by atoms with van der Waals surface area (Å²) in [4.78, 5) is 28.6. The smallest absolute Gasteiger partial charge is 0.261 e. The average molecular weight is 337 g/mol. The number of aromatic nitrogens is 2. The maximum atomic E-state index is 12.4. The van der Waals surface area contributed by atoms with E-state index in [4.69, 9.17) is 0 Å². The van der Waals surface area contributed by atoms with Crippen LogP contribution >= 0.6 is 0 Å². The van der Waals surface area contributed by atoms with E-state index < -0.39 is 6.10 Å². The first-order chi connectivity index (χ1) is 12.0. The summed E-state index contributed by atoms with van der Waals surface area (Å²) >= 11 is 0. The molecule has 1 heterocycles. The molecule has 1 amide bonds. The van der Waals surface area contributed by atoms with Gasteiger partial charge in [0.1, 0.15) is 6.54 Å². The fourth-order valence-corrected chi connectivity index (χ4v) is 2.64. The normalized spacial score (nSPS) is 12.1. The van der Waals surface area contributed by atoms with E-state index in [1.54, 1.807) is 24.3 Å². The minimum Gasteiger partial charge on any atom is -0.387 e. The van der Waals surface area contributed by atoms with Gasteiger partial charge in [-0.15, -0.1) is 0 Å². The highest BCUT2D eigenvalue weighted by molar-refractivity contribution is 5.78. The minimum absolute atomic E-state index is 0.0814. The third-order valence-corrected chi connectivity index (χ3v) is 3.96. The Labute approximate surface area is 144 Å². The zero-order chi connectivity index (χ0) is 17.8. The van der Waals surface area contributed by atoms with Crippen molar-refractivity contribution in [1.82, 2.24) is 14.9 Å². The molecule has 0 saturated carbocycles. The van der Waals surface area contributed by atoms with Gasteiger partial charge >= 0.3 is 0 Å². The first-order valence-corrected chi connectivity index (χ1v) is 8.00. The van der Waals surface area contributed by atoms with Crippen LogP contribution in [0.25, 0.3) is 10.9 Å². The van der Waals surface area contributed by atoms with Crippen LogP contribution in [0.1, 0.15) is 17.2 Å². The second kappa shape index (κ2) is 7.27. The number of hydrogen-bond donors (Lipinski definition) is 2. The Bertz CT molecular complexity index is 965. The lowest BCUT2D eigenvalue weighted by molar-refractivity contribution is -0.122. The lowest BCUT2D eigenvalue weighted by Gasteiger charge is -2.13. The number of nitrogens with zero attached hydrogens (tertiary/aromatic N) is 2. The van der Waals surface area contributed by atoms with Gasteiger partial charge in [0.25, 0.3) is 5.56 Å². The van der Waals surface area contributed by atoms with Crippen LogP contribution in [-0.2, 0) is 11.3 Å². The summed E-state index contributed by atoms with van der Waals surface area (Å²) in [5.74, 6) is -0.356. The van der Waals surface area contributed by atoms with Crippen LogP contribution in [0.15, 0.2) is 59.7 Å². The van der Waals surface area contributed by atoms with Gasteiger partial charge < -0.3 is 10.4 Å². The number of aryl methyl sites for hydroxylation is 1. The van der Waals surface area contributed by atoms with E-state index in [-0.39, 0.29) is 24.6 Å². The third-order valence-electron chi connectivity index (χ3n) is 3.96. The molecule has 0 saturated heterocycles. The number of nitrogens with one attached hydrogen (secondary N) is 1. The van der Waals surface area contributed by atoms with E-state index in [9.17, 15) is 14.7 Å². The van der Waals surface area contributed by atoms with E-state index in [2.05, 4.69) is 10.3 Å². The van der Waals surface area contributed by atoms with Crippen LogP contribution in [0.3, 0.4) is 0 Å².